The first-order chi connectivity index (χ1) is 32.6. The highest BCUT2D eigenvalue weighted by molar-refractivity contribution is 5.79. The van der Waals surface area contributed by atoms with Gasteiger partial charge in [-0.15, -0.1) is 0 Å². The molecule has 8 nitrogen and oxygen atoms in total. The summed E-state index contributed by atoms with van der Waals surface area (Å²) in [6, 6.07) is 63.1. The van der Waals surface area contributed by atoms with Gasteiger partial charge in [0.05, 0.1) is 6.61 Å². The molecule has 2 aliphatic carbocycles. The molecule has 0 heterocycles. The molecule has 8 heteroatoms. The molecular formula is C59H58N2O6. The fraction of sp³-hybridized carbons (Fsp3) is 0.254. The summed E-state index contributed by atoms with van der Waals surface area (Å²) in [6.07, 6.45) is 4.89. The summed E-state index contributed by atoms with van der Waals surface area (Å²) in [6.45, 7) is 6.34. The number of rotatable bonds is 15. The number of carbonyl (C=O) groups is 2. The van der Waals surface area contributed by atoms with Crippen molar-refractivity contribution in [1.82, 2.24) is 0 Å². The maximum absolute atomic E-state index is 13.1. The Labute approximate surface area is 394 Å². The lowest BCUT2D eigenvalue weighted by Gasteiger charge is -2.39. The van der Waals surface area contributed by atoms with Crippen LogP contribution in [0.1, 0.15) is 69.6 Å². The fourth-order valence-corrected chi connectivity index (χ4v) is 9.72. The monoisotopic (exact) mass is 890 g/mol. The maximum Gasteiger partial charge on any atom is 0.514 e. The van der Waals surface area contributed by atoms with E-state index in [0.717, 1.165) is 83.5 Å². The second kappa shape index (κ2) is 19.7. The van der Waals surface area contributed by atoms with Gasteiger partial charge in [-0.25, -0.2) is 4.79 Å². The third kappa shape index (κ3) is 10.3. The molecule has 0 amide bonds. The minimum absolute atomic E-state index is 0.00358. The Hall–Kier alpha value is -7.16. The number of para-hydroxylation sites is 2. The number of hydrogen-bond acceptors (Lipinski definition) is 8. The number of hydrogen-bond donors (Lipinski definition) is 0. The predicted molar refractivity (Wildman–Crippen MR) is 267 cm³/mol. The Balaban J connectivity index is 0.824. The van der Waals surface area contributed by atoms with Gasteiger partial charge >= 0.3 is 12.1 Å². The van der Waals surface area contributed by atoms with Gasteiger partial charge in [-0.3, -0.25) is 4.79 Å². The molecule has 0 radical (unpaired) electrons. The van der Waals surface area contributed by atoms with Crippen LogP contribution in [0, 0.1) is 5.41 Å². The topological polar surface area (TPSA) is 77.5 Å². The Kier molecular flexibility index (Phi) is 13.3. The van der Waals surface area contributed by atoms with E-state index in [1.807, 2.05) is 42.5 Å². The van der Waals surface area contributed by atoms with E-state index < -0.39 is 6.16 Å². The molecule has 1 spiro atoms. The van der Waals surface area contributed by atoms with Crippen molar-refractivity contribution in [3.8, 4) is 22.6 Å². The average Bonchev–Trinajstić information content (AvgIpc) is 4.02. The highest BCUT2D eigenvalue weighted by Crippen LogP contribution is 2.59. The number of methoxy groups -OCH3 is 1. The quantitative estimate of drug-likeness (QED) is 0.0572. The van der Waals surface area contributed by atoms with Crippen molar-refractivity contribution >= 4 is 40.6 Å². The lowest BCUT2D eigenvalue weighted by Crippen LogP contribution is -2.36. The summed E-state index contributed by atoms with van der Waals surface area (Å²) in [5.74, 6) is 0.608. The highest BCUT2D eigenvalue weighted by Gasteiger charge is 2.58. The average molecular weight is 891 g/mol. The van der Waals surface area contributed by atoms with Crippen LogP contribution in [0.4, 0.5) is 33.2 Å². The summed E-state index contributed by atoms with van der Waals surface area (Å²) in [5.41, 5.74) is 11.0. The first-order valence-corrected chi connectivity index (χ1v) is 23.3. The fourth-order valence-electron chi connectivity index (χ4n) is 9.72. The van der Waals surface area contributed by atoms with E-state index in [9.17, 15) is 9.59 Å². The van der Waals surface area contributed by atoms with E-state index in [1.54, 1.807) is 19.2 Å². The summed E-state index contributed by atoms with van der Waals surface area (Å²) in [5, 5.41) is 0. The molecule has 0 N–H and O–H groups in total. The van der Waals surface area contributed by atoms with Crippen LogP contribution in [-0.2, 0) is 26.1 Å². The predicted octanol–water partition coefficient (Wildman–Crippen LogP) is 14.3. The maximum atomic E-state index is 13.1. The lowest BCUT2D eigenvalue weighted by molar-refractivity contribution is -0.131. The molecule has 67 heavy (non-hydrogen) atoms. The van der Waals surface area contributed by atoms with Crippen LogP contribution in [0.15, 0.2) is 182 Å². The van der Waals surface area contributed by atoms with Crippen LogP contribution in [0.3, 0.4) is 0 Å². The zero-order chi connectivity index (χ0) is 46.4. The van der Waals surface area contributed by atoms with Crippen molar-refractivity contribution in [3.05, 3.63) is 199 Å². The Bertz CT molecular complexity index is 2730. The van der Waals surface area contributed by atoms with Crippen molar-refractivity contribution in [2.45, 2.75) is 76.9 Å². The minimum Gasteiger partial charge on any atom is -0.430 e. The second-order valence-electron chi connectivity index (χ2n) is 18.4. The zero-order valence-corrected chi connectivity index (χ0v) is 38.8. The van der Waals surface area contributed by atoms with E-state index in [0.29, 0.717) is 24.1 Å². The largest absolute Gasteiger partial charge is 0.514 e. The molecule has 1 atom stereocenters. The van der Waals surface area contributed by atoms with Crippen LogP contribution in [-0.4, -0.2) is 38.0 Å². The third-order valence-electron chi connectivity index (χ3n) is 13.7. The number of ether oxygens (including phenoxy) is 4. The van der Waals surface area contributed by atoms with E-state index in [2.05, 4.69) is 151 Å². The molecule has 2 aliphatic rings. The van der Waals surface area contributed by atoms with Gasteiger partial charge in [-0.1, -0.05) is 111 Å². The molecule has 7 aromatic rings. The van der Waals surface area contributed by atoms with Gasteiger partial charge in [0.1, 0.15) is 17.6 Å². The van der Waals surface area contributed by atoms with E-state index in [1.165, 1.54) is 18.2 Å². The van der Waals surface area contributed by atoms with Crippen LogP contribution in [0.25, 0.3) is 11.1 Å². The van der Waals surface area contributed by atoms with Gasteiger partial charge in [-0.05, 0) is 151 Å². The van der Waals surface area contributed by atoms with Gasteiger partial charge in [0.2, 0.25) is 0 Å². The van der Waals surface area contributed by atoms with E-state index in [-0.39, 0.29) is 22.9 Å². The normalized spacial score (nSPS) is 17.6. The molecule has 340 valence electrons. The molecule has 2 saturated carbocycles. The van der Waals surface area contributed by atoms with Gasteiger partial charge in [-0.2, -0.15) is 0 Å². The molecule has 0 aliphatic heterocycles. The second-order valence-corrected chi connectivity index (χ2v) is 18.4. The Morgan fingerprint density at radius 1 is 0.582 bits per heavy atom. The number of anilines is 5. The minimum atomic E-state index is -0.657. The van der Waals surface area contributed by atoms with Crippen LogP contribution < -0.4 is 19.3 Å². The molecule has 0 aromatic heterocycles. The number of nitrogens with zero attached hydrogens (tertiary/aromatic N) is 2. The van der Waals surface area contributed by atoms with E-state index in [4.69, 9.17) is 18.9 Å². The molecule has 0 saturated heterocycles. The number of benzene rings is 7. The molecule has 7 aromatic carbocycles. The lowest BCUT2D eigenvalue weighted by atomic mass is 9.78. The van der Waals surface area contributed by atoms with Crippen LogP contribution in [0.2, 0.25) is 0 Å². The van der Waals surface area contributed by atoms with Crippen molar-refractivity contribution in [1.29, 1.82) is 0 Å². The van der Waals surface area contributed by atoms with Crippen LogP contribution >= 0.6 is 0 Å². The summed E-state index contributed by atoms with van der Waals surface area (Å²) in [4.78, 5) is 29.2. The molecular weight excluding hydrogens is 833 g/mol. The Morgan fingerprint density at radius 3 is 1.57 bits per heavy atom. The SMILES string of the molecule is COCCc1ccc(N(c2ccccc2)c2ccc(-c3ccc(N(c4ccccc4)C4CCC5(CC4)CC5OC(=O)Oc4ccc(C(C)(C)c5ccc(OC(C)=O)cc5)cc4)cc3)cc2)cc1. The number of carbonyl (C=O) groups excluding carboxylic acids is 2. The standard InChI is InChI=1S/C59H58N2O6/c1-42(62)65-54-31-21-46(22-32-54)58(2,3)47-23-33-55(34-24-47)66-57(63)67-56-41-59(56)38-35-53(36-39-59)61(49-13-9-6-10-14-49)52-29-19-45(20-30-52)44-17-27-51(28-18-44)60(48-11-7-5-8-12-48)50-25-15-43(16-26-50)37-40-64-4/h5-34,53,56H,35-41H2,1-4H3. The molecule has 2 fully saturated rings. The van der Waals surface area contributed by atoms with Gasteiger partial charge in [0, 0.05) is 59.3 Å². The first-order valence-electron chi connectivity index (χ1n) is 23.3. The zero-order valence-electron chi connectivity index (χ0n) is 38.8. The van der Waals surface area contributed by atoms with Gasteiger partial charge in [0.25, 0.3) is 0 Å². The smallest absolute Gasteiger partial charge is 0.430 e. The van der Waals surface area contributed by atoms with Crippen molar-refractivity contribution in [3.63, 3.8) is 0 Å². The summed E-state index contributed by atoms with van der Waals surface area (Å²) >= 11 is 0. The summed E-state index contributed by atoms with van der Waals surface area (Å²) < 4.78 is 22.1. The molecule has 1 unspecified atom stereocenters. The van der Waals surface area contributed by atoms with Crippen molar-refractivity contribution < 1.29 is 28.5 Å². The molecule has 9 rings (SSSR count). The van der Waals surface area contributed by atoms with Gasteiger partial charge in [0.15, 0.2) is 0 Å². The number of esters is 1. The summed E-state index contributed by atoms with van der Waals surface area (Å²) in [7, 11) is 1.74. The van der Waals surface area contributed by atoms with Crippen molar-refractivity contribution in [2.75, 3.05) is 23.5 Å². The first kappa shape index (κ1) is 45.0. The highest BCUT2D eigenvalue weighted by atomic mass is 16.7. The van der Waals surface area contributed by atoms with E-state index >= 15 is 0 Å². The van der Waals surface area contributed by atoms with Crippen molar-refractivity contribution in [2.24, 2.45) is 5.41 Å². The van der Waals surface area contributed by atoms with Crippen LogP contribution in [0.5, 0.6) is 11.5 Å². The Morgan fingerprint density at radius 2 is 1.04 bits per heavy atom. The van der Waals surface area contributed by atoms with Gasteiger partial charge < -0.3 is 28.7 Å². The molecule has 0 bridgehead atoms. The third-order valence-corrected chi connectivity index (χ3v) is 13.7.